The van der Waals surface area contributed by atoms with Crippen molar-refractivity contribution in [3.63, 3.8) is 0 Å². The first kappa shape index (κ1) is 17.5. The first-order chi connectivity index (χ1) is 12.3. The van der Waals surface area contributed by atoms with Gasteiger partial charge in [-0.05, 0) is 49.1 Å². The summed E-state index contributed by atoms with van der Waals surface area (Å²) in [5.41, 5.74) is 8.41. The number of phenols is 1. The maximum atomic E-state index is 13.3. The Kier molecular flexibility index (Phi) is 3.90. The number of rotatable bonds is 0. The Morgan fingerprint density at radius 3 is 2.54 bits per heavy atom. The Bertz CT molecular complexity index is 739. The molecular weight excluding hydrogens is 326 g/mol. The van der Waals surface area contributed by atoms with Crippen molar-refractivity contribution in [2.45, 2.75) is 64.3 Å². The second-order valence-corrected chi connectivity index (χ2v) is 9.08. The molecule has 0 radical (unpaired) electrons. The van der Waals surface area contributed by atoms with E-state index in [1.54, 1.807) is 0 Å². The highest BCUT2D eigenvalue weighted by molar-refractivity contribution is 5.76. The molecule has 26 heavy (non-hydrogen) atoms. The SMILES string of the molecule is CC1(C)[C@H]2Cc3c(ccc(N)c3O)[C@]1(C)CCN2C(=O)N1CCCCC1. The van der Waals surface area contributed by atoms with Crippen molar-refractivity contribution in [3.05, 3.63) is 23.3 Å². The Hall–Kier alpha value is -1.91. The van der Waals surface area contributed by atoms with E-state index in [0.717, 1.165) is 44.5 Å². The normalized spacial score (nSPS) is 30.0. The van der Waals surface area contributed by atoms with Crippen molar-refractivity contribution in [3.8, 4) is 5.75 Å². The van der Waals surface area contributed by atoms with Crippen LogP contribution in [0.25, 0.3) is 0 Å². The Morgan fingerprint density at radius 2 is 1.85 bits per heavy atom. The average Bonchev–Trinajstić information content (AvgIpc) is 2.61. The third kappa shape index (κ3) is 2.25. The first-order valence-corrected chi connectivity index (χ1v) is 9.94. The molecule has 142 valence electrons. The predicted molar refractivity (Wildman–Crippen MR) is 103 cm³/mol. The van der Waals surface area contributed by atoms with E-state index in [1.165, 1.54) is 12.0 Å². The number of nitrogens with two attached hydrogens (primary N) is 1. The monoisotopic (exact) mass is 357 g/mol. The van der Waals surface area contributed by atoms with Crippen LogP contribution in [0.15, 0.2) is 12.1 Å². The number of nitrogen functional groups attached to an aromatic ring is 1. The number of amides is 2. The van der Waals surface area contributed by atoms with Crippen molar-refractivity contribution in [2.24, 2.45) is 5.41 Å². The zero-order chi connectivity index (χ0) is 18.7. The molecule has 0 unspecified atom stereocenters. The molecule has 0 saturated carbocycles. The van der Waals surface area contributed by atoms with Crippen LogP contribution in [0.2, 0.25) is 0 Å². The molecule has 3 aliphatic rings. The minimum absolute atomic E-state index is 0.0632. The summed E-state index contributed by atoms with van der Waals surface area (Å²) in [4.78, 5) is 17.4. The van der Waals surface area contributed by atoms with E-state index >= 15 is 0 Å². The minimum Gasteiger partial charge on any atom is -0.505 e. The molecular formula is C21H31N3O2. The minimum atomic E-state index is -0.0743. The molecule has 2 atom stereocenters. The highest BCUT2D eigenvalue weighted by Crippen LogP contribution is 2.57. The number of carbonyl (C=O) groups is 1. The average molecular weight is 357 g/mol. The maximum absolute atomic E-state index is 13.3. The van der Waals surface area contributed by atoms with Crippen LogP contribution in [0, 0.1) is 5.41 Å². The van der Waals surface area contributed by atoms with Gasteiger partial charge in [0.1, 0.15) is 5.75 Å². The quantitative estimate of drug-likeness (QED) is 0.551. The fraction of sp³-hybridized carbons (Fsp3) is 0.667. The number of carbonyl (C=O) groups excluding carboxylic acids is 1. The molecule has 5 heteroatoms. The number of phenolic OH excluding ortho intramolecular Hbond substituents is 1. The van der Waals surface area contributed by atoms with Gasteiger partial charge in [-0.1, -0.05) is 26.8 Å². The standard InChI is InChI=1S/C21H31N3O2/c1-20(2)17-13-14-15(7-8-16(22)18(14)25)21(20,3)9-12-24(17)19(26)23-10-5-4-6-11-23/h7-8,17,25H,4-6,9-13,22H2,1-3H3/t17-,21+/m1/s1. The second kappa shape index (κ2) is 5.80. The van der Waals surface area contributed by atoms with Crippen LogP contribution in [0.1, 0.15) is 57.6 Å². The molecule has 2 fully saturated rings. The van der Waals surface area contributed by atoms with Gasteiger partial charge in [0.15, 0.2) is 0 Å². The van der Waals surface area contributed by atoms with Gasteiger partial charge in [-0.15, -0.1) is 0 Å². The molecule has 2 bridgehead atoms. The number of fused-ring (bicyclic) bond motifs is 4. The fourth-order valence-electron chi connectivity index (χ4n) is 5.49. The van der Waals surface area contributed by atoms with E-state index in [4.69, 9.17) is 5.73 Å². The van der Waals surface area contributed by atoms with Crippen LogP contribution in [-0.2, 0) is 11.8 Å². The summed E-state index contributed by atoms with van der Waals surface area (Å²) in [7, 11) is 0. The van der Waals surface area contributed by atoms with Crippen molar-refractivity contribution < 1.29 is 9.90 Å². The Balaban J connectivity index is 1.74. The highest BCUT2D eigenvalue weighted by atomic mass is 16.3. The zero-order valence-electron chi connectivity index (χ0n) is 16.2. The van der Waals surface area contributed by atoms with Gasteiger partial charge in [-0.2, -0.15) is 0 Å². The van der Waals surface area contributed by atoms with Crippen LogP contribution in [-0.4, -0.2) is 46.6 Å². The topological polar surface area (TPSA) is 69.8 Å². The smallest absolute Gasteiger partial charge is 0.320 e. The summed E-state index contributed by atoms with van der Waals surface area (Å²) in [5, 5.41) is 10.6. The van der Waals surface area contributed by atoms with Crippen molar-refractivity contribution >= 4 is 11.7 Å². The van der Waals surface area contributed by atoms with E-state index in [2.05, 4.69) is 31.7 Å². The summed E-state index contributed by atoms with van der Waals surface area (Å²) in [5.74, 6) is 0.210. The van der Waals surface area contributed by atoms with Gasteiger partial charge in [-0.3, -0.25) is 0 Å². The number of likely N-dealkylation sites (tertiary alicyclic amines) is 2. The number of hydrogen-bond acceptors (Lipinski definition) is 3. The summed E-state index contributed by atoms with van der Waals surface area (Å²) < 4.78 is 0. The summed E-state index contributed by atoms with van der Waals surface area (Å²) in [6.45, 7) is 9.37. The molecule has 2 heterocycles. The number of nitrogens with zero attached hydrogens (tertiary/aromatic N) is 2. The van der Waals surface area contributed by atoms with Gasteiger partial charge >= 0.3 is 6.03 Å². The zero-order valence-corrected chi connectivity index (χ0v) is 16.2. The van der Waals surface area contributed by atoms with Crippen LogP contribution in [0.5, 0.6) is 5.75 Å². The molecule has 1 aromatic rings. The lowest BCUT2D eigenvalue weighted by atomic mass is 9.51. The lowest BCUT2D eigenvalue weighted by Crippen LogP contribution is -2.66. The molecule has 1 aromatic carbocycles. The molecule has 3 N–H and O–H groups in total. The number of benzene rings is 1. The van der Waals surface area contributed by atoms with Gasteiger partial charge in [-0.25, -0.2) is 4.79 Å². The molecule has 2 aliphatic heterocycles. The van der Waals surface area contributed by atoms with Gasteiger partial charge in [0.05, 0.1) is 5.69 Å². The van der Waals surface area contributed by atoms with Gasteiger partial charge in [0.2, 0.25) is 0 Å². The Labute approximate surface area is 156 Å². The van der Waals surface area contributed by atoms with Crippen molar-refractivity contribution in [2.75, 3.05) is 25.4 Å². The fourth-order valence-corrected chi connectivity index (χ4v) is 5.49. The van der Waals surface area contributed by atoms with Crippen LogP contribution in [0.3, 0.4) is 0 Å². The number of aromatic hydroxyl groups is 1. The van der Waals surface area contributed by atoms with Gasteiger partial charge in [0.25, 0.3) is 0 Å². The lowest BCUT2D eigenvalue weighted by molar-refractivity contribution is -0.0246. The first-order valence-electron chi connectivity index (χ1n) is 9.94. The summed E-state index contributed by atoms with van der Waals surface area (Å²) in [6, 6.07) is 4.17. The number of hydrogen-bond donors (Lipinski definition) is 2. The third-order valence-corrected chi connectivity index (χ3v) is 7.66. The maximum Gasteiger partial charge on any atom is 0.320 e. The number of urea groups is 1. The molecule has 2 amide bonds. The predicted octanol–water partition coefficient (Wildman–Crippen LogP) is 3.49. The van der Waals surface area contributed by atoms with E-state index in [9.17, 15) is 9.90 Å². The second-order valence-electron chi connectivity index (χ2n) is 9.08. The number of anilines is 1. The molecule has 4 rings (SSSR count). The lowest BCUT2D eigenvalue weighted by Gasteiger charge is -2.61. The third-order valence-electron chi connectivity index (χ3n) is 7.66. The molecule has 1 aliphatic carbocycles. The van der Waals surface area contributed by atoms with E-state index in [-0.39, 0.29) is 28.7 Å². The van der Waals surface area contributed by atoms with E-state index in [1.807, 2.05) is 11.0 Å². The van der Waals surface area contributed by atoms with E-state index in [0.29, 0.717) is 12.1 Å². The van der Waals surface area contributed by atoms with Crippen LogP contribution in [0.4, 0.5) is 10.5 Å². The number of piperidine rings is 2. The van der Waals surface area contributed by atoms with Gasteiger partial charge < -0.3 is 20.6 Å². The van der Waals surface area contributed by atoms with E-state index < -0.39 is 0 Å². The van der Waals surface area contributed by atoms with Gasteiger partial charge in [0, 0.05) is 36.7 Å². The molecule has 5 nitrogen and oxygen atoms in total. The summed E-state index contributed by atoms with van der Waals surface area (Å²) in [6.07, 6.45) is 5.01. The van der Waals surface area contributed by atoms with Crippen LogP contribution < -0.4 is 5.73 Å². The molecule has 0 spiro atoms. The molecule has 0 aromatic heterocycles. The van der Waals surface area contributed by atoms with Crippen LogP contribution >= 0.6 is 0 Å². The van der Waals surface area contributed by atoms with Crippen molar-refractivity contribution in [1.29, 1.82) is 0 Å². The Morgan fingerprint density at radius 1 is 1.15 bits per heavy atom. The van der Waals surface area contributed by atoms with Crippen molar-refractivity contribution in [1.82, 2.24) is 9.80 Å². The largest absolute Gasteiger partial charge is 0.505 e. The summed E-state index contributed by atoms with van der Waals surface area (Å²) >= 11 is 0. The highest BCUT2D eigenvalue weighted by Gasteiger charge is 2.57. The molecule has 2 saturated heterocycles.